The number of nitrogens with zero attached hydrogens (tertiary/aromatic N) is 4. The van der Waals surface area contributed by atoms with Crippen molar-refractivity contribution >= 4 is 5.69 Å². The number of ether oxygens (including phenoxy) is 1. The first-order chi connectivity index (χ1) is 10.7. The number of hydrogen-bond donors (Lipinski definition) is 1. The summed E-state index contributed by atoms with van der Waals surface area (Å²) < 4.78 is 7.44. The van der Waals surface area contributed by atoms with E-state index in [-0.39, 0.29) is 0 Å². The highest BCUT2D eigenvalue weighted by Gasteiger charge is 2.07. The number of hydrogen-bond acceptors (Lipinski definition) is 5. The topological polar surface area (TPSA) is 78.9 Å². The van der Waals surface area contributed by atoms with Gasteiger partial charge in [-0.3, -0.25) is 0 Å². The predicted octanol–water partition coefficient (Wildman–Crippen LogP) is 2.19. The molecule has 0 fully saturated rings. The Morgan fingerprint density at radius 1 is 1.05 bits per heavy atom. The molecular weight excluding hydrogens is 278 g/mol. The Labute approximate surface area is 128 Å². The van der Waals surface area contributed by atoms with Crippen molar-refractivity contribution in [2.24, 2.45) is 0 Å². The number of aryl methyl sites for hydroxylation is 1. The molecule has 3 aromatic rings. The number of anilines is 1. The van der Waals surface area contributed by atoms with E-state index in [0.29, 0.717) is 19.0 Å². The number of tetrazole rings is 1. The molecule has 0 aliphatic rings. The zero-order valence-electron chi connectivity index (χ0n) is 12.3. The molecule has 6 nitrogen and oxygen atoms in total. The van der Waals surface area contributed by atoms with Crippen molar-refractivity contribution in [2.45, 2.75) is 20.1 Å². The Kier molecular flexibility index (Phi) is 4.00. The van der Waals surface area contributed by atoms with E-state index in [4.69, 9.17) is 10.5 Å². The Bertz CT molecular complexity index is 734. The van der Waals surface area contributed by atoms with E-state index in [1.54, 1.807) is 4.68 Å². The summed E-state index contributed by atoms with van der Waals surface area (Å²) in [5.41, 5.74) is 8.70. The van der Waals surface area contributed by atoms with Crippen LogP contribution in [0.3, 0.4) is 0 Å². The maximum absolute atomic E-state index is 5.72. The van der Waals surface area contributed by atoms with Gasteiger partial charge in [-0.25, -0.2) is 4.68 Å². The lowest BCUT2D eigenvalue weighted by atomic mass is 10.2. The number of nitrogen functional groups attached to an aromatic ring is 1. The van der Waals surface area contributed by atoms with Gasteiger partial charge < -0.3 is 10.5 Å². The van der Waals surface area contributed by atoms with E-state index in [2.05, 4.69) is 15.5 Å². The van der Waals surface area contributed by atoms with Crippen LogP contribution < -0.4 is 10.5 Å². The number of nitrogens with two attached hydrogens (primary N) is 1. The molecule has 0 radical (unpaired) electrons. The van der Waals surface area contributed by atoms with E-state index in [9.17, 15) is 0 Å². The lowest BCUT2D eigenvalue weighted by Gasteiger charge is -2.07. The van der Waals surface area contributed by atoms with Crippen LogP contribution in [-0.4, -0.2) is 20.2 Å². The first kappa shape index (κ1) is 14.1. The van der Waals surface area contributed by atoms with Crippen LogP contribution in [0.4, 0.5) is 5.69 Å². The van der Waals surface area contributed by atoms with Gasteiger partial charge in [0.25, 0.3) is 0 Å². The molecule has 0 saturated heterocycles. The molecule has 112 valence electrons. The second kappa shape index (κ2) is 6.26. The van der Waals surface area contributed by atoms with Gasteiger partial charge >= 0.3 is 0 Å². The fourth-order valence-corrected chi connectivity index (χ4v) is 2.03. The van der Waals surface area contributed by atoms with Gasteiger partial charge in [-0.1, -0.05) is 29.8 Å². The summed E-state index contributed by atoms with van der Waals surface area (Å²) >= 11 is 0. The fourth-order valence-electron chi connectivity index (χ4n) is 2.03. The van der Waals surface area contributed by atoms with Crippen LogP contribution in [0.5, 0.6) is 5.75 Å². The zero-order chi connectivity index (χ0) is 15.4. The van der Waals surface area contributed by atoms with Crippen LogP contribution in [0.1, 0.15) is 17.0 Å². The SMILES string of the molecule is Cc1ccc(OCc2nnnn2Cc2ccc(N)cc2)cc1. The van der Waals surface area contributed by atoms with E-state index < -0.39 is 0 Å². The van der Waals surface area contributed by atoms with Crippen molar-refractivity contribution in [1.29, 1.82) is 0 Å². The molecule has 2 N–H and O–H groups in total. The van der Waals surface area contributed by atoms with E-state index in [1.165, 1.54) is 5.56 Å². The minimum atomic E-state index is 0.324. The van der Waals surface area contributed by atoms with Gasteiger partial charge in [-0.05, 0) is 47.2 Å². The number of rotatable bonds is 5. The molecular formula is C16H17N5O. The third-order valence-corrected chi connectivity index (χ3v) is 3.31. The molecule has 0 saturated carbocycles. The normalized spacial score (nSPS) is 10.6. The summed E-state index contributed by atoms with van der Waals surface area (Å²) in [5, 5.41) is 11.7. The summed E-state index contributed by atoms with van der Waals surface area (Å²) in [6.45, 7) is 2.95. The maximum atomic E-state index is 5.72. The molecule has 1 aromatic heterocycles. The molecule has 0 amide bonds. The third-order valence-electron chi connectivity index (χ3n) is 3.31. The Morgan fingerprint density at radius 2 is 1.77 bits per heavy atom. The van der Waals surface area contributed by atoms with Crippen molar-refractivity contribution in [3.8, 4) is 5.75 Å². The van der Waals surface area contributed by atoms with Crippen LogP contribution in [0.25, 0.3) is 0 Å². The minimum absolute atomic E-state index is 0.324. The Morgan fingerprint density at radius 3 is 2.50 bits per heavy atom. The van der Waals surface area contributed by atoms with E-state index in [1.807, 2.05) is 55.5 Å². The molecule has 0 aliphatic carbocycles. The lowest BCUT2D eigenvalue weighted by molar-refractivity contribution is 0.288. The quantitative estimate of drug-likeness (QED) is 0.730. The van der Waals surface area contributed by atoms with Crippen LogP contribution in [-0.2, 0) is 13.2 Å². The molecule has 22 heavy (non-hydrogen) atoms. The van der Waals surface area contributed by atoms with Gasteiger partial charge in [0.2, 0.25) is 0 Å². The number of aromatic nitrogens is 4. The Balaban J connectivity index is 1.66. The van der Waals surface area contributed by atoms with Gasteiger partial charge in [0.15, 0.2) is 5.82 Å². The van der Waals surface area contributed by atoms with Crippen molar-refractivity contribution in [2.75, 3.05) is 5.73 Å². The summed E-state index contributed by atoms with van der Waals surface area (Å²) in [5.74, 6) is 1.48. The van der Waals surface area contributed by atoms with Crippen molar-refractivity contribution in [3.63, 3.8) is 0 Å². The molecule has 0 unspecified atom stereocenters. The molecule has 0 atom stereocenters. The predicted molar refractivity (Wildman–Crippen MR) is 83.3 cm³/mol. The van der Waals surface area contributed by atoms with Crippen molar-refractivity contribution < 1.29 is 4.74 Å². The first-order valence-electron chi connectivity index (χ1n) is 6.99. The molecule has 1 heterocycles. The van der Waals surface area contributed by atoms with Crippen LogP contribution in [0.2, 0.25) is 0 Å². The molecule has 3 rings (SSSR count). The summed E-state index contributed by atoms with van der Waals surface area (Å²) in [7, 11) is 0. The highest BCUT2D eigenvalue weighted by Crippen LogP contribution is 2.13. The molecule has 2 aromatic carbocycles. The largest absolute Gasteiger partial charge is 0.486 e. The summed E-state index contributed by atoms with van der Waals surface area (Å²) in [4.78, 5) is 0. The minimum Gasteiger partial charge on any atom is -0.486 e. The van der Waals surface area contributed by atoms with Crippen molar-refractivity contribution in [1.82, 2.24) is 20.2 Å². The molecule has 0 bridgehead atoms. The van der Waals surface area contributed by atoms with E-state index in [0.717, 1.165) is 17.0 Å². The van der Waals surface area contributed by atoms with Gasteiger partial charge in [0, 0.05) is 5.69 Å². The first-order valence-corrected chi connectivity index (χ1v) is 6.99. The van der Waals surface area contributed by atoms with Crippen LogP contribution >= 0.6 is 0 Å². The average Bonchev–Trinajstić information content (AvgIpc) is 2.96. The van der Waals surface area contributed by atoms with Crippen LogP contribution in [0, 0.1) is 6.92 Å². The van der Waals surface area contributed by atoms with Gasteiger partial charge in [0.05, 0.1) is 6.54 Å². The van der Waals surface area contributed by atoms with Gasteiger partial charge in [-0.2, -0.15) is 0 Å². The maximum Gasteiger partial charge on any atom is 0.189 e. The van der Waals surface area contributed by atoms with Crippen LogP contribution in [0.15, 0.2) is 48.5 Å². The summed E-state index contributed by atoms with van der Waals surface area (Å²) in [6, 6.07) is 15.5. The second-order valence-electron chi connectivity index (χ2n) is 5.10. The standard InChI is InChI=1S/C16H17N5O/c1-12-2-8-15(9-3-12)22-11-16-18-19-20-21(16)10-13-4-6-14(17)7-5-13/h2-9H,10-11,17H2,1H3. The number of benzene rings is 2. The highest BCUT2D eigenvalue weighted by atomic mass is 16.5. The monoisotopic (exact) mass is 295 g/mol. The second-order valence-corrected chi connectivity index (χ2v) is 5.10. The van der Waals surface area contributed by atoms with Crippen molar-refractivity contribution in [3.05, 3.63) is 65.5 Å². The Hall–Kier alpha value is -2.89. The smallest absolute Gasteiger partial charge is 0.189 e. The molecule has 6 heteroatoms. The lowest BCUT2D eigenvalue weighted by Crippen LogP contribution is -2.10. The molecule has 0 spiro atoms. The van der Waals surface area contributed by atoms with Gasteiger partial charge in [0.1, 0.15) is 12.4 Å². The fraction of sp³-hybridized carbons (Fsp3) is 0.188. The molecule has 0 aliphatic heterocycles. The van der Waals surface area contributed by atoms with E-state index >= 15 is 0 Å². The third kappa shape index (κ3) is 3.41. The average molecular weight is 295 g/mol. The summed E-state index contributed by atoms with van der Waals surface area (Å²) in [6.07, 6.45) is 0. The van der Waals surface area contributed by atoms with Gasteiger partial charge in [-0.15, -0.1) is 5.10 Å². The zero-order valence-corrected chi connectivity index (χ0v) is 12.3. The highest BCUT2D eigenvalue weighted by molar-refractivity contribution is 5.39.